The Balaban J connectivity index is 0.00000157. The van der Waals surface area contributed by atoms with Crippen LogP contribution < -0.4 is 15.4 Å². The predicted molar refractivity (Wildman–Crippen MR) is 195 cm³/mol. The fraction of sp³-hybridized carbons (Fsp3) is 0.211. The standard InChI is InChI=1S/C35H32N4O5S.C2H6.CH4O/c40-30(37-21-19-24-6-2-1-3-7-24)18-12-25-8-4-9-27(13-11-25)34-33(39-35(45-34)29-10-5-20-36-29)26-14-16-28(17-15-26)44-23-31(41)38-22-32(42)43;2*1-2/h1-7,9-18,20,36H,8,19,21-23H2,(H,37,40)(H,38,41)(H,42,43);1-2H3;2H,1H3/b18-12+;;. The second kappa shape index (κ2) is 20.7. The van der Waals surface area contributed by atoms with Crippen LogP contribution in [0.1, 0.15) is 30.7 Å². The number of carbonyl (C=O) groups is 3. The zero-order chi connectivity index (χ0) is 35.4. The molecule has 0 atom stereocenters. The number of H-pyrrole nitrogens is 1. The Morgan fingerprint density at radius 1 is 0.980 bits per heavy atom. The van der Waals surface area contributed by atoms with E-state index in [4.69, 9.17) is 19.9 Å². The van der Waals surface area contributed by atoms with E-state index in [9.17, 15) is 14.4 Å². The molecule has 49 heavy (non-hydrogen) atoms. The lowest BCUT2D eigenvalue weighted by Crippen LogP contribution is -2.33. The molecule has 1 aliphatic rings. The maximum Gasteiger partial charge on any atom is 0.322 e. The van der Waals surface area contributed by atoms with E-state index in [1.807, 2.05) is 92.9 Å². The Labute approximate surface area is 290 Å². The molecule has 5 rings (SSSR count). The van der Waals surface area contributed by atoms with Crippen LogP contribution in [0.25, 0.3) is 27.5 Å². The van der Waals surface area contributed by atoms with E-state index < -0.39 is 18.4 Å². The second-order valence-electron chi connectivity index (χ2n) is 10.1. The molecular formula is C38H42N4O6S. The van der Waals surface area contributed by atoms with Gasteiger partial charge in [0.25, 0.3) is 5.91 Å². The van der Waals surface area contributed by atoms with Crippen molar-refractivity contribution in [2.24, 2.45) is 0 Å². The fourth-order valence-electron chi connectivity index (χ4n) is 4.51. The summed E-state index contributed by atoms with van der Waals surface area (Å²) in [5.41, 5.74) is 5.76. The van der Waals surface area contributed by atoms with Gasteiger partial charge in [-0.3, -0.25) is 14.4 Å². The van der Waals surface area contributed by atoms with Crippen LogP contribution in [0.15, 0.2) is 115 Å². The summed E-state index contributed by atoms with van der Waals surface area (Å²) in [6.07, 6.45) is 14.9. The van der Waals surface area contributed by atoms with Crippen molar-refractivity contribution >= 4 is 34.7 Å². The Morgan fingerprint density at radius 2 is 1.73 bits per heavy atom. The minimum absolute atomic E-state index is 0.127. The molecule has 0 spiro atoms. The Bertz CT molecular complexity index is 1760. The fourth-order valence-corrected chi connectivity index (χ4v) is 5.59. The van der Waals surface area contributed by atoms with E-state index in [1.54, 1.807) is 29.5 Å². The van der Waals surface area contributed by atoms with E-state index in [1.165, 1.54) is 5.56 Å². The molecule has 0 aliphatic heterocycles. The Hall–Kier alpha value is -5.52. The molecule has 0 bridgehead atoms. The smallest absolute Gasteiger partial charge is 0.322 e. The van der Waals surface area contributed by atoms with Crippen molar-refractivity contribution in [1.82, 2.24) is 20.6 Å². The van der Waals surface area contributed by atoms with Gasteiger partial charge in [-0.25, -0.2) is 4.98 Å². The van der Waals surface area contributed by atoms with E-state index in [2.05, 4.69) is 27.8 Å². The van der Waals surface area contributed by atoms with Gasteiger partial charge < -0.3 is 30.6 Å². The number of carbonyl (C=O) groups excluding carboxylic acids is 2. The Morgan fingerprint density at radius 3 is 2.43 bits per heavy atom. The van der Waals surface area contributed by atoms with Crippen LogP contribution in [0.4, 0.5) is 0 Å². The van der Waals surface area contributed by atoms with Gasteiger partial charge in [0, 0.05) is 31.5 Å². The summed E-state index contributed by atoms with van der Waals surface area (Å²) in [5.74, 6) is -1.29. The highest BCUT2D eigenvalue weighted by Crippen LogP contribution is 2.39. The van der Waals surface area contributed by atoms with Crippen molar-refractivity contribution in [3.8, 4) is 27.7 Å². The number of rotatable bonds is 13. The number of carboxylic acid groups (broad SMARTS) is 1. The van der Waals surface area contributed by atoms with Crippen LogP contribution in [0.2, 0.25) is 0 Å². The summed E-state index contributed by atoms with van der Waals surface area (Å²) in [5, 5.41) is 21.8. The molecule has 0 saturated heterocycles. The van der Waals surface area contributed by atoms with Crippen LogP contribution in [0.3, 0.4) is 0 Å². The Kier molecular flexibility index (Phi) is 16.0. The highest BCUT2D eigenvalue weighted by atomic mass is 32.1. The average Bonchev–Trinajstić information content (AvgIpc) is 3.78. The van der Waals surface area contributed by atoms with Crippen LogP contribution in [0, 0.1) is 0 Å². The number of aromatic amines is 1. The van der Waals surface area contributed by atoms with Gasteiger partial charge in [0.05, 0.1) is 16.3 Å². The summed E-state index contributed by atoms with van der Waals surface area (Å²) in [7, 11) is 1.00. The third-order valence-corrected chi connectivity index (χ3v) is 7.92. The number of nitrogens with one attached hydrogen (secondary N) is 3. The molecule has 0 saturated carbocycles. The quantitative estimate of drug-likeness (QED) is 0.105. The summed E-state index contributed by atoms with van der Waals surface area (Å²) < 4.78 is 5.52. The van der Waals surface area contributed by atoms with E-state index in [-0.39, 0.29) is 12.5 Å². The minimum atomic E-state index is -1.12. The largest absolute Gasteiger partial charge is 0.484 e. The molecule has 5 N–H and O–H groups in total. The number of aliphatic hydroxyl groups is 1. The van der Waals surface area contributed by atoms with E-state index in [0.717, 1.165) is 51.5 Å². The van der Waals surface area contributed by atoms with E-state index in [0.29, 0.717) is 18.7 Å². The summed E-state index contributed by atoms with van der Waals surface area (Å²) >= 11 is 1.58. The number of aliphatic hydroxyl groups excluding tert-OH is 1. The van der Waals surface area contributed by atoms with Crippen molar-refractivity contribution in [2.45, 2.75) is 26.7 Å². The summed E-state index contributed by atoms with van der Waals surface area (Å²) in [6.45, 7) is 3.82. The zero-order valence-corrected chi connectivity index (χ0v) is 28.6. The van der Waals surface area contributed by atoms with Crippen LogP contribution in [-0.4, -0.2) is 64.8 Å². The van der Waals surface area contributed by atoms with Gasteiger partial charge >= 0.3 is 5.97 Å². The molecule has 10 nitrogen and oxygen atoms in total. The molecule has 0 radical (unpaired) electrons. The molecule has 2 amide bonds. The number of hydrogen-bond acceptors (Lipinski definition) is 7. The number of benzene rings is 2. The van der Waals surface area contributed by atoms with Gasteiger partial charge in [0.1, 0.15) is 17.3 Å². The highest BCUT2D eigenvalue weighted by Gasteiger charge is 2.18. The molecule has 2 heterocycles. The maximum absolute atomic E-state index is 12.4. The molecular weight excluding hydrogens is 641 g/mol. The minimum Gasteiger partial charge on any atom is -0.484 e. The maximum atomic E-state index is 12.4. The third kappa shape index (κ3) is 12.2. The third-order valence-electron chi connectivity index (χ3n) is 6.78. The van der Waals surface area contributed by atoms with Crippen LogP contribution >= 0.6 is 11.3 Å². The first kappa shape index (κ1) is 37.9. The first-order chi connectivity index (χ1) is 23.9. The lowest BCUT2D eigenvalue weighted by molar-refractivity contribution is -0.138. The summed E-state index contributed by atoms with van der Waals surface area (Å²) in [6, 6.07) is 21.2. The first-order valence-corrected chi connectivity index (χ1v) is 16.6. The highest BCUT2D eigenvalue weighted by molar-refractivity contribution is 7.16. The van der Waals surface area contributed by atoms with Gasteiger partial charge in [0.15, 0.2) is 6.61 Å². The number of ether oxygens (including phenoxy) is 1. The number of aromatic nitrogens is 2. The van der Waals surface area contributed by atoms with Gasteiger partial charge in [-0.15, -0.1) is 11.3 Å². The van der Waals surface area contributed by atoms with Crippen molar-refractivity contribution in [1.29, 1.82) is 0 Å². The van der Waals surface area contributed by atoms with Crippen molar-refractivity contribution in [2.75, 3.05) is 26.8 Å². The first-order valence-electron chi connectivity index (χ1n) is 15.8. The van der Waals surface area contributed by atoms with Crippen molar-refractivity contribution in [3.63, 3.8) is 0 Å². The van der Waals surface area contributed by atoms with E-state index >= 15 is 0 Å². The SMILES string of the molecule is CC.CO.O=C(O)CNC(=O)COc1ccc(-c2nc(-c3ccc[nH]3)sc2C2=CC=C(/C=C/C(=O)NCCc3ccccc3)CC=C2)cc1. The van der Waals surface area contributed by atoms with Gasteiger partial charge in [-0.2, -0.15) is 0 Å². The van der Waals surface area contributed by atoms with Crippen molar-refractivity contribution in [3.05, 3.63) is 125 Å². The molecule has 256 valence electrons. The molecule has 4 aromatic rings. The zero-order valence-electron chi connectivity index (χ0n) is 27.8. The number of amides is 2. The monoisotopic (exact) mass is 682 g/mol. The number of carboxylic acids is 1. The van der Waals surface area contributed by atoms with Gasteiger partial charge in [-0.05, 0) is 65.9 Å². The lowest BCUT2D eigenvalue weighted by atomic mass is 10.1. The van der Waals surface area contributed by atoms with Crippen LogP contribution in [0.5, 0.6) is 5.75 Å². The molecule has 2 aromatic carbocycles. The molecule has 11 heteroatoms. The van der Waals surface area contributed by atoms with Crippen LogP contribution in [-0.2, 0) is 20.8 Å². The normalized spacial score (nSPS) is 11.9. The molecule has 0 fully saturated rings. The predicted octanol–water partition coefficient (Wildman–Crippen LogP) is 6.20. The number of thiazole rings is 1. The molecule has 1 aliphatic carbocycles. The van der Waals surface area contributed by atoms with Gasteiger partial charge in [-0.1, -0.05) is 74.6 Å². The van der Waals surface area contributed by atoms with Crippen molar-refractivity contribution < 1.29 is 29.3 Å². The van der Waals surface area contributed by atoms with Gasteiger partial charge in [0.2, 0.25) is 5.91 Å². The lowest BCUT2D eigenvalue weighted by Gasteiger charge is -2.08. The molecule has 2 aromatic heterocycles. The number of aliphatic carboxylic acids is 1. The number of nitrogens with zero attached hydrogens (tertiary/aromatic N) is 1. The summed E-state index contributed by atoms with van der Waals surface area (Å²) in [4.78, 5) is 44.0. The number of allylic oxidation sites excluding steroid dienone is 7. The number of hydrogen-bond donors (Lipinski definition) is 5. The topological polar surface area (TPSA) is 154 Å². The second-order valence-corrected chi connectivity index (χ2v) is 11.1. The average molecular weight is 683 g/mol. The molecule has 0 unspecified atom stereocenters.